The van der Waals surface area contributed by atoms with Gasteiger partial charge in [-0.15, -0.1) is 24.0 Å². The first-order valence-electron chi connectivity index (χ1n) is 13.0. The van der Waals surface area contributed by atoms with Crippen molar-refractivity contribution in [2.45, 2.75) is 76.8 Å². The molecule has 2 saturated heterocycles. The maximum absolute atomic E-state index is 12.4. The number of nitrogens with one attached hydrogen (secondary N) is 2. The molecule has 0 aromatic carbocycles. The van der Waals surface area contributed by atoms with E-state index in [1.165, 1.54) is 58.0 Å². The van der Waals surface area contributed by atoms with Gasteiger partial charge in [0.15, 0.2) is 5.96 Å². The van der Waals surface area contributed by atoms with Crippen molar-refractivity contribution in [2.24, 2.45) is 10.9 Å². The van der Waals surface area contributed by atoms with E-state index in [0.29, 0.717) is 17.9 Å². The van der Waals surface area contributed by atoms with Gasteiger partial charge in [-0.05, 0) is 45.4 Å². The Hall–Kier alpha value is -0.610. The lowest BCUT2D eigenvalue weighted by Gasteiger charge is -2.38. The molecule has 0 atom stereocenters. The lowest BCUT2D eigenvalue weighted by molar-refractivity contribution is -0.139. The van der Waals surface area contributed by atoms with Crippen LogP contribution in [0.2, 0.25) is 0 Å². The fraction of sp³-hybridized carbons (Fsp3) is 0.917. The summed E-state index contributed by atoms with van der Waals surface area (Å²) in [5, 5.41) is 7.13. The van der Waals surface area contributed by atoms with Crippen LogP contribution in [-0.4, -0.2) is 97.6 Å². The van der Waals surface area contributed by atoms with Crippen molar-refractivity contribution < 1.29 is 4.79 Å². The molecule has 0 bridgehead atoms. The van der Waals surface area contributed by atoms with Crippen LogP contribution in [0.3, 0.4) is 0 Å². The molecule has 2 heterocycles. The fourth-order valence-electron chi connectivity index (χ4n) is 5.60. The second-order valence-electron chi connectivity index (χ2n) is 9.95. The summed E-state index contributed by atoms with van der Waals surface area (Å²) in [6.45, 7) is 11.0. The van der Waals surface area contributed by atoms with E-state index in [9.17, 15) is 4.79 Å². The molecule has 0 spiro atoms. The lowest BCUT2D eigenvalue weighted by atomic mass is 9.84. The van der Waals surface area contributed by atoms with Gasteiger partial charge in [-0.3, -0.25) is 14.7 Å². The van der Waals surface area contributed by atoms with Gasteiger partial charge in [0.1, 0.15) is 0 Å². The van der Waals surface area contributed by atoms with Gasteiger partial charge >= 0.3 is 0 Å². The van der Waals surface area contributed by atoms with Crippen molar-refractivity contribution >= 4 is 35.8 Å². The number of hydrogen-bond donors (Lipinski definition) is 2. The molecule has 0 radical (unpaired) electrons. The molecule has 4 fully saturated rings. The minimum Gasteiger partial charge on any atom is -0.357 e. The third kappa shape index (κ3) is 7.19. The Kier molecular flexibility index (Phi) is 10.8. The SMILES string of the molecule is CCNC(=NCCN1CCN(C(=O)C2CCC2)CC1)NC1CCN(C2CCCC2)CC1.I. The molecule has 0 aromatic rings. The molecule has 7 nitrogen and oxygen atoms in total. The molecule has 32 heavy (non-hydrogen) atoms. The van der Waals surface area contributed by atoms with Crippen LogP contribution < -0.4 is 10.6 Å². The number of aliphatic imine (C=N–C) groups is 1. The molecule has 0 unspecified atom stereocenters. The average molecular weight is 561 g/mol. The van der Waals surface area contributed by atoms with E-state index in [1.54, 1.807) is 0 Å². The predicted molar refractivity (Wildman–Crippen MR) is 142 cm³/mol. The smallest absolute Gasteiger partial charge is 0.225 e. The number of amides is 1. The first-order valence-corrected chi connectivity index (χ1v) is 13.0. The number of piperazine rings is 1. The minimum atomic E-state index is 0. The molecular weight excluding hydrogens is 515 g/mol. The van der Waals surface area contributed by atoms with Crippen LogP contribution in [0, 0.1) is 5.92 Å². The average Bonchev–Trinajstić information content (AvgIpc) is 3.28. The third-order valence-electron chi connectivity index (χ3n) is 7.88. The Labute approximate surface area is 212 Å². The standard InChI is InChI=1S/C24H44N6O.HI/c1-2-25-24(27-21-10-13-29(14-11-21)22-8-3-4-9-22)26-12-15-28-16-18-30(19-17-28)23(31)20-6-5-7-20;/h20-22H,2-19H2,1H3,(H2,25,26,27);1H. The second kappa shape index (κ2) is 13.3. The van der Waals surface area contributed by atoms with Crippen LogP contribution >= 0.6 is 24.0 Å². The van der Waals surface area contributed by atoms with Gasteiger partial charge in [-0.2, -0.15) is 0 Å². The number of guanidine groups is 1. The zero-order valence-corrected chi connectivity index (χ0v) is 22.4. The van der Waals surface area contributed by atoms with Gasteiger partial charge < -0.3 is 20.4 Å². The highest BCUT2D eigenvalue weighted by molar-refractivity contribution is 14.0. The van der Waals surface area contributed by atoms with E-state index in [4.69, 9.17) is 4.99 Å². The Bertz CT molecular complexity index is 591. The summed E-state index contributed by atoms with van der Waals surface area (Å²) in [6, 6.07) is 1.39. The molecule has 2 saturated carbocycles. The first-order chi connectivity index (χ1) is 15.2. The van der Waals surface area contributed by atoms with Gasteiger partial charge in [-0.25, -0.2) is 0 Å². The van der Waals surface area contributed by atoms with Crippen molar-refractivity contribution in [3.8, 4) is 0 Å². The molecule has 184 valence electrons. The third-order valence-corrected chi connectivity index (χ3v) is 7.88. The monoisotopic (exact) mass is 560 g/mol. The van der Waals surface area contributed by atoms with Crippen LogP contribution in [0.1, 0.15) is 64.7 Å². The van der Waals surface area contributed by atoms with Crippen molar-refractivity contribution in [3.05, 3.63) is 0 Å². The van der Waals surface area contributed by atoms with E-state index in [1.807, 2.05) is 0 Å². The zero-order chi connectivity index (χ0) is 21.5. The molecule has 4 rings (SSSR count). The van der Waals surface area contributed by atoms with Crippen LogP contribution in [0.5, 0.6) is 0 Å². The highest BCUT2D eigenvalue weighted by atomic mass is 127. The maximum atomic E-state index is 12.4. The van der Waals surface area contributed by atoms with E-state index in [-0.39, 0.29) is 24.0 Å². The van der Waals surface area contributed by atoms with Crippen LogP contribution in [-0.2, 0) is 4.79 Å². The Balaban J connectivity index is 0.00000289. The molecule has 1 amide bonds. The normalized spacial score (nSPS) is 24.8. The number of hydrogen-bond acceptors (Lipinski definition) is 4. The van der Waals surface area contributed by atoms with Crippen molar-refractivity contribution in [1.29, 1.82) is 0 Å². The molecule has 4 aliphatic rings. The van der Waals surface area contributed by atoms with Crippen molar-refractivity contribution in [3.63, 3.8) is 0 Å². The molecular formula is C24H45IN6O. The highest BCUT2D eigenvalue weighted by Crippen LogP contribution is 2.28. The number of carbonyl (C=O) groups excluding carboxylic acids is 1. The molecule has 2 aliphatic heterocycles. The fourth-order valence-corrected chi connectivity index (χ4v) is 5.60. The summed E-state index contributed by atoms with van der Waals surface area (Å²) in [5.41, 5.74) is 0. The zero-order valence-electron chi connectivity index (χ0n) is 20.1. The summed E-state index contributed by atoms with van der Waals surface area (Å²) >= 11 is 0. The second-order valence-corrected chi connectivity index (χ2v) is 9.95. The summed E-state index contributed by atoms with van der Waals surface area (Å²) in [7, 11) is 0. The summed E-state index contributed by atoms with van der Waals surface area (Å²) in [4.78, 5) is 24.5. The number of piperidine rings is 1. The van der Waals surface area contributed by atoms with Gasteiger partial charge in [-0.1, -0.05) is 19.3 Å². The van der Waals surface area contributed by atoms with Crippen LogP contribution in [0.4, 0.5) is 0 Å². The van der Waals surface area contributed by atoms with E-state index in [2.05, 4.69) is 32.3 Å². The largest absolute Gasteiger partial charge is 0.357 e. The number of halogens is 1. The van der Waals surface area contributed by atoms with Gasteiger partial charge in [0, 0.05) is 70.4 Å². The Morgan fingerprint density at radius 3 is 2.19 bits per heavy atom. The minimum absolute atomic E-state index is 0. The lowest BCUT2D eigenvalue weighted by Crippen LogP contribution is -2.52. The first kappa shape index (κ1) is 26.0. The highest BCUT2D eigenvalue weighted by Gasteiger charge is 2.31. The van der Waals surface area contributed by atoms with Crippen molar-refractivity contribution in [1.82, 2.24) is 25.3 Å². The molecule has 2 aliphatic carbocycles. The van der Waals surface area contributed by atoms with Crippen molar-refractivity contribution in [2.75, 3.05) is 58.9 Å². The van der Waals surface area contributed by atoms with Crippen LogP contribution in [0.25, 0.3) is 0 Å². The van der Waals surface area contributed by atoms with Gasteiger partial charge in [0.2, 0.25) is 5.91 Å². The van der Waals surface area contributed by atoms with E-state index >= 15 is 0 Å². The number of nitrogens with zero attached hydrogens (tertiary/aromatic N) is 4. The molecule has 8 heteroatoms. The summed E-state index contributed by atoms with van der Waals surface area (Å²) < 4.78 is 0. The van der Waals surface area contributed by atoms with E-state index < -0.39 is 0 Å². The van der Waals surface area contributed by atoms with Crippen LogP contribution in [0.15, 0.2) is 4.99 Å². The Morgan fingerprint density at radius 2 is 1.59 bits per heavy atom. The van der Waals surface area contributed by atoms with Gasteiger partial charge in [0.25, 0.3) is 0 Å². The van der Waals surface area contributed by atoms with E-state index in [0.717, 1.165) is 70.7 Å². The quantitative estimate of drug-likeness (QED) is 0.285. The van der Waals surface area contributed by atoms with Gasteiger partial charge in [0.05, 0.1) is 6.54 Å². The number of likely N-dealkylation sites (tertiary alicyclic amines) is 1. The summed E-state index contributed by atoms with van der Waals surface area (Å²) in [5.74, 6) is 1.71. The predicted octanol–water partition coefficient (Wildman–Crippen LogP) is 2.51. The maximum Gasteiger partial charge on any atom is 0.225 e. The molecule has 2 N–H and O–H groups in total. The molecule has 0 aromatic heterocycles. The topological polar surface area (TPSA) is 63.2 Å². The summed E-state index contributed by atoms with van der Waals surface area (Å²) in [6.07, 6.45) is 11.5. The Morgan fingerprint density at radius 1 is 0.906 bits per heavy atom. The number of carbonyl (C=O) groups is 1. The number of rotatable bonds is 7.